The molecule has 0 amide bonds. The van der Waals surface area contributed by atoms with Crippen LogP contribution in [0.5, 0.6) is 0 Å². The standard InChI is InChI=1S/C14H30O3S2/c15-19(16,17)14-12-10-8-6-4-2-1-3-5-7-9-11-13-18/h18H,1-14H2,(H,15,16,17). The van der Waals surface area contributed by atoms with E-state index in [0.717, 1.165) is 18.6 Å². The van der Waals surface area contributed by atoms with Gasteiger partial charge in [0.1, 0.15) is 0 Å². The molecule has 0 unspecified atom stereocenters. The molecular weight excluding hydrogens is 280 g/mol. The van der Waals surface area contributed by atoms with Crippen molar-refractivity contribution in [2.75, 3.05) is 11.5 Å². The molecule has 0 aromatic rings. The third-order valence-corrected chi connectivity index (χ3v) is 4.43. The molecule has 0 aromatic heterocycles. The van der Waals surface area contributed by atoms with E-state index in [0.29, 0.717) is 6.42 Å². The van der Waals surface area contributed by atoms with Crippen molar-refractivity contribution in [3.8, 4) is 0 Å². The summed E-state index contributed by atoms with van der Waals surface area (Å²) in [5.74, 6) is 0.927. The highest BCUT2D eigenvalue weighted by molar-refractivity contribution is 7.85. The molecule has 0 aliphatic carbocycles. The number of hydrogen-bond acceptors (Lipinski definition) is 3. The minimum absolute atomic E-state index is 0.0840. The van der Waals surface area contributed by atoms with Gasteiger partial charge in [0, 0.05) is 0 Å². The van der Waals surface area contributed by atoms with Crippen LogP contribution in [0.1, 0.15) is 77.0 Å². The Labute approximate surface area is 124 Å². The van der Waals surface area contributed by atoms with Crippen molar-refractivity contribution in [1.82, 2.24) is 0 Å². The summed E-state index contributed by atoms with van der Waals surface area (Å²) in [6, 6.07) is 0. The largest absolute Gasteiger partial charge is 0.286 e. The summed E-state index contributed by atoms with van der Waals surface area (Å²) >= 11 is 4.20. The Morgan fingerprint density at radius 1 is 0.632 bits per heavy atom. The molecule has 0 aliphatic rings. The van der Waals surface area contributed by atoms with Crippen LogP contribution in [-0.4, -0.2) is 24.5 Å². The zero-order valence-corrected chi connectivity index (χ0v) is 13.7. The maximum Gasteiger partial charge on any atom is 0.264 e. The van der Waals surface area contributed by atoms with E-state index in [9.17, 15) is 8.42 Å². The summed E-state index contributed by atoms with van der Waals surface area (Å²) in [5, 5.41) is 0. The first-order valence-corrected chi connectivity index (χ1v) is 9.86. The van der Waals surface area contributed by atoms with Crippen molar-refractivity contribution in [1.29, 1.82) is 0 Å². The molecule has 0 rings (SSSR count). The average Bonchev–Trinajstić information content (AvgIpc) is 2.34. The molecule has 0 atom stereocenters. The Balaban J connectivity index is 3.03. The van der Waals surface area contributed by atoms with E-state index in [1.165, 1.54) is 57.8 Å². The smallest absolute Gasteiger partial charge is 0.264 e. The summed E-state index contributed by atoms with van der Waals surface area (Å²) < 4.78 is 29.5. The fourth-order valence-corrected chi connectivity index (χ4v) is 2.96. The van der Waals surface area contributed by atoms with Crippen LogP contribution < -0.4 is 0 Å². The molecule has 0 radical (unpaired) electrons. The van der Waals surface area contributed by atoms with Gasteiger partial charge in [-0.05, 0) is 18.6 Å². The minimum Gasteiger partial charge on any atom is -0.286 e. The van der Waals surface area contributed by atoms with Crippen molar-refractivity contribution in [2.45, 2.75) is 77.0 Å². The van der Waals surface area contributed by atoms with Crippen molar-refractivity contribution >= 4 is 22.7 Å². The predicted octanol–water partition coefficient (Wildman–Crippen LogP) is 4.49. The van der Waals surface area contributed by atoms with Gasteiger partial charge in [-0.25, -0.2) is 0 Å². The average molecular weight is 311 g/mol. The Hall–Kier alpha value is 0.260. The lowest BCUT2D eigenvalue weighted by Gasteiger charge is -2.02. The van der Waals surface area contributed by atoms with E-state index in [4.69, 9.17) is 4.55 Å². The highest BCUT2D eigenvalue weighted by atomic mass is 32.2. The van der Waals surface area contributed by atoms with Crippen LogP contribution in [0.4, 0.5) is 0 Å². The van der Waals surface area contributed by atoms with Crippen molar-refractivity contribution < 1.29 is 13.0 Å². The Morgan fingerprint density at radius 3 is 1.26 bits per heavy atom. The molecular formula is C14H30O3S2. The van der Waals surface area contributed by atoms with Crippen LogP contribution in [-0.2, 0) is 10.1 Å². The molecule has 1 N–H and O–H groups in total. The molecule has 19 heavy (non-hydrogen) atoms. The van der Waals surface area contributed by atoms with Crippen LogP contribution >= 0.6 is 12.6 Å². The van der Waals surface area contributed by atoms with Crippen LogP contribution in [0.3, 0.4) is 0 Å². The van der Waals surface area contributed by atoms with E-state index < -0.39 is 10.1 Å². The molecule has 0 fully saturated rings. The molecule has 3 nitrogen and oxygen atoms in total. The Bertz CT molecular complexity index is 276. The second-order valence-corrected chi connectivity index (χ2v) is 7.27. The van der Waals surface area contributed by atoms with Crippen LogP contribution in [0.15, 0.2) is 0 Å². The van der Waals surface area contributed by atoms with Gasteiger partial charge in [0.25, 0.3) is 10.1 Å². The van der Waals surface area contributed by atoms with Crippen molar-refractivity contribution in [3.63, 3.8) is 0 Å². The minimum atomic E-state index is -3.74. The van der Waals surface area contributed by atoms with E-state index in [2.05, 4.69) is 12.6 Å². The molecule has 0 bridgehead atoms. The van der Waals surface area contributed by atoms with E-state index in [-0.39, 0.29) is 5.75 Å². The second kappa shape index (κ2) is 13.3. The van der Waals surface area contributed by atoms with Gasteiger partial charge in [-0.2, -0.15) is 21.0 Å². The molecule has 5 heteroatoms. The maximum absolute atomic E-state index is 10.5. The topological polar surface area (TPSA) is 54.4 Å². The SMILES string of the molecule is O=S(=O)(O)CCCCCCCCCCCCCCS. The summed E-state index contributed by atoms with van der Waals surface area (Å²) in [6.07, 6.45) is 14.2. The first-order chi connectivity index (χ1) is 9.06. The second-order valence-electron chi connectivity index (χ2n) is 5.25. The monoisotopic (exact) mass is 310 g/mol. The zero-order valence-electron chi connectivity index (χ0n) is 12.0. The van der Waals surface area contributed by atoms with Crippen LogP contribution in [0.2, 0.25) is 0 Å². The van der Waals surface area contributed by atoms with Gasteiger partial charge in [-0.1, -0.05) is 64.2 Å². The molecule has 0 aromatic carbocycles. The lowest BCUT2D eigenvalue weighted by Crippen LogP contribution is -2.03. The van der Waals surface area contributed by atoms with E-state index >= 15 is 0 Å². The normalized spacial score (nSPS) is 11.9. The number of thiol groups is 1. The van der Waals surface area contributed by atoms with Gasteiger partial charge in [0.2, 0.25) is 0 Å². The van der Waals surface area contributed by atoms with Crippen LogP contribution in [0, 0.1) is 0 Å². The fourth-order valence-electron chi connectivity index (χ4n) is 2.16. The lowest BCUT2D eigenvalue weighted by atomic mass is 10.1. The molecule has 0 saturated carbocycles. The molecule has 116 valence electrons. The van der Waals surface area contributed by atoms with Crippen LogP contribution in [0.25, 0.3) is 0 Å². The van der Waals surface area contributed by atoms with E-state index in [1.807, 2.05) is 0 Å². The first-order valence-electron chi connectivity index (χ1n) is 7.62. The predicted molar refractivity (Wildman–Crippen MR) is 85.7 cm³/mol. The highest BCUT2D eigenvalue weighted by Gasteiger charge is 2.02. The van der Waals surface area contributed by atoms with Gasteiger partial charge in [0.05, 0.1) is 5.75 Å². The molecule has 0 saturated heterocycles. The van der Waals surface area contributed by atoms with Gasteiger partial charge < -0.3 is 0 Å². The van der Waals surface area contributed by atoms with Crippen molar-refractivity contribution in [3.05, 3.63) is 0 Å². The zero-order chi connectivity index (χ0) is 14.4. The maximum atomic E-state index is 10.5. The molecule has 0 heterocycles. The highest BCUT2D eigenvalue weighted by Crippen LogP contribution is 2.12. The number of unbranched alkanes of at least 4 members (excludes halogenated alkanes) is 11. The number of hydrogen-bond donors (Lipinski definition) is 2. The fraction of sp³-hybridized carbons (Fsp3) is 1.00. The van der Waals surface area contributed by atoms with Gasteiger partial charge in [-0.3, -0.25) is 4.55 Å². The summed E-state index contributed by atoms with van der Waals surface area (Å²) in [4.78, 5) is 0. The Kier molecular flexibility index (Phi) is 13.4. The molecule has 0 aliphatic heterocycles. The summed E-state index contributed by atoms with van der Waals surface area (Å²) in [7, 11) is -3.74. The van der Waals surface area contributed by atoms with Crippen molar-refractivity contribution in [2.24, 2.45) is 0 Å². The molecule has 0 spiro atoms. The number of rotatable bonds is 14. The third kappa shape index (κ3) is 18.3. The van der Waals surface area contributed by atoms with Gasteiger partial charge in [0.15, 0.2) is 0 Å². The van der Waals surface area contributed by atoms with Gasteiger partial charge in [-0.15, -0.1) is 0 Å². The summed E-state index contributed by atoms with van der Waals surface area (Å²) in [5.41, 5.74) is 0. The summed E-state index contributed by atoms with van der Waals surface area (Å²) in [6.45, 7) is 0. The third-order valence-electron chi connectivity index (χ3n) is 3.31. The Morgan fingerprint density at radius 2 is 0.947 bits per heavy atom. The van der Waals surface area contributed by atoms with E-state index in [1.54, 1.807) is 0 Å². The first kappa shape index (κ1) is 19.3. The lowest BCUT2D eigenvalue weighted by molar-refractivity contribution is 0.478. The quantitative estimate of drug-likeness (QED) is 0.282. The van der Waals surface area contributed by atoms with Gasteiger partial charge >= 0.3 is 0 Å².